The summed E-state index contributed by atoms with van der Waals surface area (Å²) in [7, 11) is -1.20. The molecule has 1 unspecified atom stereocenters. The van der Waals surface area contributed by atoms with Gasteiger partial charge in [-0.15, -0.1) is 0 Å². The van der Waals surface area contributed by atoms with Crippen LogP contribution in [0.5, 0.6) is 0 Å². The standard InChI is InChI=1S/C25H42ClN3O2S.C3H8/c1-8-11-16-29(25(19(4)12-9-2)24(27)22(26)13-10-3)18-28(6)23-15-14-21(17-20(23)5)32(7,30)31;1-3-2/h13-15,17,19H,8-12,16,18,27H2,1-7H3;3H2,1-2H3/b22-13+,25-24-;. The Hall–Kier alpha value is -1.66. The molecule has 5 nitrogen and oxygen atoms in total. The number of sulfone groups is 1. The number of allylic oxidation sites excluding steroid dienone is 3. The molecule has 35 heavy (non-hydrogen) atoms. The second kappa shape index (κ2) is 16.9. The predicted molar refractivity (Wildman–Crippen MR) is 155 cm³/mol. The molecule has 0 amide bonds. The van der Waals surface area contributed by atoms with Gasteiger partial charge in [0, 0.05) is 31.2 Å². The third-order valence-corrected chi connectivity index (χ3v) is 7.09. The SMILES string of the molecule is CC/C=C(Cl)\C(N)=C(/C(C)CCC)N(CCCC)CN(C)c1ccc(S(C)(=O)=O)cc1C.CCC. The highest BCUT2D eigenvalue weighted by atomic mass is 35.5. The molecule has 2 N–H and O–H groups in total. The summed E-state index contributed by atoms with van der Waals surface area (Å²) in [6.45, 7) is 16.3. The second-order valence-corrected chi connectivity index (χ2v) is 11.8. The van der Waals surface area contributed by atoms with Gasteiger partial charge in [0.25, 0.3) is 0 Å². The fraction of sp³-hybridized carbons (Fsp3) is 0.643. The maximum atomic E-state index is 11.9. The second-order valence-electron chi connectivity index (χ2n) is 9.33. The number of halogens is 1. The Kier molecular flexibility index (Phi) is 16.1. The highest BCUT2D eigenvalue weighted by Crippen LogP contribution is 2.29. The molecule has 202 valence electrons. The van der Waals surface area contributed by atoms with Gasteiger partial charge in [0.15, 0.2) is 9.84 Å². The minimum atomic E-state index is -3.23. The van der Waals surface area contributed by atoms with Gasteiger partial charge >= 0.3 is 0 Å². The Labute approximate surface area is 221 Å². The van der Waals surface area contributed by atoms with Crippen molar-refractivity contribution in [1.82, 2.24) is 4.90 Å². The molecule has 0 aliphatic heterocycles. The van der Waals surface area contributed by atoms with Crippen molar-refractivity contribution in [3.05, 3.63) is 46.3 Å². The average Bonchev–Trinajstić information content (AvgIpc) is 2.77. The lowest BCUT2D eigenvalue weighted by atomic mass is 9.98. The fourth-order valence-corrected chi connectivity index (χ4v) is 4.92. The first-order chi connectivity index (χ1) is 16.4. The van der Waals surface area contributed by atoms with E-state index >= 15 is 0 Å². The fourth-order valence-electron chi connectivity index (χ4n) is 3.96. The van der Waals surface area contributed by atoms with Crippen LogP contribution in [0, 0.1) is 12.8 Å². The smallest absolute Gasteiger partial charge is 0.175 e. The zero-order chi connectivity index (χ0) is 27.2. The van der Waals surface area contributed by atoms with Gasteiger partial charge in [0.2, 0.25) is 0 Å². The molecule has 0 saturated carbocycles. The monoisotopic (exact) mass is 527 g/mol. The highest BCUT2D eigenvalue weighted by molar-refractivity contribution is 7.90. The van der Waals surface area contributed by atoms with E-state index in [9.17, 15) is 8.42 Å². The normalized spacial score (nSPS) is 13.5. The molecule has 0 radical (unpaired) electrons. The maximum Gasteiger partial charge on any atom is 0.175 e. The van der Waals surface area contributed by atoms with Gasteiger partial charge in [0.1, 0.15) is 0 Å². The van der Waals surface area contributed by atoms with Crippen molar-refractivity contribution >= 4 is 27.1 Å². The quantitative estimate of drug-likeness (QED) is 0.213. The molecule has 1 aromatic rings. The van der Waals surface area contributed by atoms with Crippen LogP contribution in [-0.2, 0) is 9.84 Å². The molecule has 1 atom stereocenters. The lowest BCUT2D eigenvalue weighted by molar-refractivity contribution is 0.295. The number of nitrogens with zero attached hydrogens (tertiary/aromatic N) is 2. The lowest BCUT2D eigenvalue weighted by Gasteiger charge is -2.37. The van der Waals surface area contributed by atoms with E-state index in [0.717, 1.165) is 55.6 Å². The topological polar surface area (TPSA) is 66.6 Å². The van der Waals surface area contributed by atoms with Crippen LogP contribution in [0.25, 0.3) is 0 Å². The summed E-state index contributed by atoms with van der Waals surface area (Å²) < 4.78 is 23.8. The van der Waals surface area contributed by atoms with Crippen molar-refractivity contribution in [3.63, 3.8) is 0 Å². The van der Waals surface area contributed by atoms with Crippen LogP contribution in [0.2, 0.25) is 0 Å². The molecule has 0 saturated heterocycles. The third kappa shape index (κ3) is 11.3. The Morgan fingerprint density at radius 2 is 1.74 bits per heavy atom. The van der Waals surface area contributed by atoms with E-state index in [-0.39, 0.29) is 5.92 Å². The Morgan fingerprint density at radius 1 is 1.14 bits per heavy atom. The van der Waals surface area contributed by atoms with Gasteiger partial charge in [-0.1, -0.05) is 78.5 Å². The molecule has 0 aromatic heterocycles. The summed E-state index contributed by atoms with van der Waals surface area (Å²) in [6, 6.07) is 5.30. The number of nitrogens with two attached hydrogens (primary N) is 1. The summed E-state index contributed by atoms with van der Waals surface area (Å²) in [5.74, 6) is 0.276. The molecule has 0 aliphatic rings. The van der Waals surface area contributed by atoms with Crippen LogP contribution in [0.4, 0.5) is 5.69 Å². The maximum absolute atomic E-state index is 11.9. The summed E-state index contributed by atoms with van der Waals surface area (Å²) in [5.41, 5.74) is 10.3. The van der Waals surface area contributed by atoms with Gasteiger partial charge in [-0.05, 0) is 55.9 Å². The molecule has 1 aromatic carbocycles. The van der Waals surface area contributed by atoms with Crippen LogP contribution in [0.15, 0.2) is 45.6 Å². The average molecular weight is 528 g/mol. The number of benzene rings is 1. The number of hydrogen-bond acceptors (Lipinski definition) is 5. The summed E-state index contributed by atoms with van der Waals surface area (Å²) in [5, 5.41) is 0.614. The van der Waals surface area contributed by atoms with Crippen LogP contribution in [-0.4, -0.2) is 39.8 Å². The molecule has 0 spiro atoms. The first-order valence-electron chi connectivity index (χ1n) is 13.0. The van der Waals surface area contributed by atoms with Crippen LogP contribution in [0.1, 0.15) is 85.6 Å². The summed E-state index contributed by atoms with van der Waals surface area (Å²) in [4.78, 5) is 4.84. The zero-order valence-corrected chi connectivity index (χ0v) is 25.2. The molecule has 0 aliphatic carbocycles. The molecule has 0 heterocycles. The third-order valence-electron chi connectivity index (χ3n) is 5.62. The van der Waals surface area contributed by atoms with E-state index in [1.165, 1.54) is 12.7 Å². The van der Waals surface area contributed by atoms with E-state index in [0.29, 0.717) is 22.3 Å². The minimum absolute atomic E-state index is 0.276. The van der Waals surface area contributed by atoms with E-state index in [1.807, 2.05) is 26.1 Å². The predicted octanol–water partition coefficient (Wildman–Crippen LogP) is 7.45. The first kappa shape index (κ1) is 33.3. The van der Waals surface area contributed by atoms with Crippen LogP contribution >= 0.6 is 11.6 Å². The molecule has 1 rings (SSSR count). The minimum Gasteiger partial charge on any atom is -0.396 e. The number of rotatable bonds is 13. The van der Waals surface area contributed by atoms with Crippen LogP contribution < -0.4 is 10.6 Å². The Morgan fingerprint density at radius 3 is 2.20 bits per heavy atom. The zero-order valence-electron chi connectivity index (χ0n) is 23.6. The van der Waals surface area contributed by atoms with Gasteiger partial charge in [-0.25, -0.2) is 8.42 Å². The number of anilines is 1. The largest absolute Gasteiger partial charge is 0.396 e. The molecule has 0 bridgehead atoms. The van der Waals surface area contributed by atoms with E-state index in [2.05, 4.69) is 51.3 Å². The number of aryl methyl sites for hydroxylation is 1. The van der Waals surface area contributed by atoms with Gasteiger partial charge in [-0.3, -0.25) is 0 Å². The van der Waals surface area contributed by atoms with Gasteiger partial charge in [0.05, 0.1) is 22.3 Å². The molecular formula is C28H50ClN3O2S. The lowest BCUT2D eigenvalue weighted by Crippen LogP contribution is -2.39. The van der Waals surface area contributed by atoms with Crippen molar-refractivity contribution in [2.75, 3.05) is 31.4 Å². The van der Waals surface area contributed by atoms with Crippen molar-refractivity contribution < 1.29 is 8.42 Å². The van der Waals surface area contributed by atoms with E-state index in [4.69, 9.17) is 17.3 Å². The number of unbranched alkanes of at least 4 members (excludes halogenated alkanes) is 1. The van der Waals surface area contributed by atoms with Crippen molar-refractivity contribution in [2.45, 2.75) is 91.9 Å². The van der Waals surface area contributed by atoms with Crippen LogP contribution in [0.3, 0.4) is 0 Å². The van der Waals surface area contributed by atoms with Gasteiger partial charge < -0.3 is 15.5 Å². The first-order valence-corrected chi connectivity index (χ1v) is 15.3. The Balaban J connectivity index is 0.00000365. The summed E-state index contributed by atoms with van der Waals surface area (Å²) in [6.07, 6.45) is 9.50. The van der Waals surface area contributed by atoms with Crippen molar-refractivity contribution in [3.8, 4) is 0 Å². The summed E-state index contributed by atoms with van der Waals surface area (Å²) >= 11 is 6.57. The van der Waals surface area contributed by atoms with E-state index in [1.54, 1.807) is 12.1 Å². The van der Waals surface area contributed by atoms with Crippen molar-refractivity contribution in [1.29, 1.82) is 0 Å². The van der Waals surface area contributed by atoms with Gasteiger partial charge in [-0.2, -0.15) is 0 Å². The number of hydrogen-bond donors (Lipinski definition) is 1. The molecular weight excluding hydrogens is 478 g/mol. The Bertz CT molecular complexity index is 926. The van der Waals surface area contributed by atoms with E-state index < -0.39 is 9.84 Å². The van der Waals surface area contributed by atoms with Crippen molar-refractivity contribution in [2.24, 2.45) is 11.7 Å². The molecule has 0 fully saturated rings. The highest BCUT2D eigenvalue weighted by Gasteiger charge is 2.22. The molecule has 7 heteroatoms.